The molecule has 14 rings (SSSR count). The van der Waals surface area contributed by atoms with Crippen LogP contribution in [-0.4, -0.2) is 4.57 Å². The second kappa shape index (κ2) is 11.7. The highest BCUT2D eigenvalue weighted by molar-refractivity contribution is 6.14. The molecule has 1 spiro atoms. The number of pyridine rings is 1. The van der Waals surface area contributed by atoms with Crippen LogP contribution in [0.25, 0.3) is 93.5 Å². The standard InChI is InChI=1S/C56H31NO4/c58-55-41-16-2-1-13-36(41)42-29-33(35-18-12-20-40-38-15-4-8-24-49(38)61-54(35)40)31-46-52(42)57(55)47-28-27-32(34-17-11-19-39-37-14-3-7-23-48(37)60-53(34)39)30-45(47)56(46)43-21-5-9-25-50(43)59-51-26-10-6-22-44(51)56/h1-31H. The van der Waals surface area contributed by atoms with Crippen LogP contribution < -0.4 is 10.3 Å². The van der Waals surface area contributed by atoms with E-state index in [-0.39, 0.29) is 5.56 Å². The van der Waals surface area contributed by atoms with E-state index in [1.54, 1.807) is 0 Å². The van der Waals surface area contributed by atoms with E-state index in [0.29, 0.717) is 5.39 Å². The molecule has 0 radical (unpaired) electrons. The number of benzene rings is 9. The molecule has 0 amide bonds. The highest BCUT2D eigenvalue weighted by atomic mass is 16.5. The van der Waals surface area contributed by atoms with Gasteiger partial charge in [-0.25, -0.2) is 0 Å². The molecule has 284 valence electrons. The second-order valence-electron chi connectivity index (χ2n) is 16.2. The molecule has 5 heterocycles. The fourth-order valence-corrected chi connectivity index (χ4v) is 10.7. The van der Waals surface area contributed by atoms with Crippen LogP contribution in [0, 0.1) is 0 Å². The van der Waals surface area contributed by atoms with E-state index in [9.17, 15) is 0 Å². The fraction of sp³-hybridized carbons (Fsp3) is 0.0179. The van der Waals surface area contributed by atoms with Gasteiger partial charge in [0.05, 0.1) is 16.6 Å². The monoisotopic (exact) mass is 781 g/mol. The van der Waals surface area contributed by atoms with Crippen LogP contribution in [-0.2, 0) is 5.41 Å². The summed E-state index contributed by atoms with van der Waals surface area (Å²) in [6.45, 7) is 0. The van der Waals surface area contributed by atoms with Crippen molar-refractivity contribution in [3.8, 4) is 39.4 Å². The van der Waals surface area contributed by atoms with Crippen molar-refractivity contribution in [3.63, 3.8) is 0 Å². The molecule has 3 aromatic heterocycles. The normalized spacial score (nSPS) is 13.6. The largest absolute Gasteiger partial charge is 0.457 e. The Balaban J connectivity index is 1.19. The third-order valence-electron chi connectivity index (χ3n) is 13.3. The summed E-state index contributed by atoms with van der Waals surface area (Å²) in [7, 11) is 0. The fourth-order valence-electron chi connectivity index (χ4n) is 10.7. The number of fused-ring (bicyclic) bond motifs is 16. The summed E-state index contributed by atoms with van der Waals surface area (Å²) in [6, 6.07) is 65.1. The summed E-state index contributed by atoms with van der Waals surface area (Å²) in [5.74, 6) is 1.54. The SMILES string of the molecule is O=c1c2ccccc2c2cc(-c3cccc4c3oc3ccccc34)cc3c2n1-c1ccc(-c2cccc4c2oc2ccccc24)cc1C31c2ccccc2Oc2ccccc21. The summed E-state index contributed by atoms with van der Waals surface area (Å²) >= 11 is 0. The van der Waals surface area contributed by atoms with Crippen molar-refractivity contribution >= 4 is 65.6 Å². The maximum atomic E-state index is 15.3. The average Bonchev–Trinajstić information content (AvgIpc) is 3.90. The minimum absolute atomic E-state index is 0.0617. The molecule has 0 saturated heterocycles. The second-order valence-corrected chi connectivity index (χ2v) is 16.2. The van der Waals surface area contributed by atoms with Crippen LogP contribution in [0.1, 0.15) is 22.3 Å². The average molecular weight is 782 g/mol. The third-order valence-corrected chi connectivity index (χ3v) is 13.3. The molecule has 0 fully saturated rings. The Bertz CT molecular complexity index is 3910. The first-order valence-electron chi connectivity index (χ1n) is 20.6. The van der Waals surface area contributed by atoms with Gasteiger partial charge in [-0.1, -0.05) is 133 Å². The number of furan rings is 2. The lowest BCUT2D eigenvalue weighted by Gasteiger charge is -2.45. The predicted octanol–water partition coefficient (Wildman–Crippen LogP) is 14.1. The van der Waals surface area contributed by atoms with Crippen molar-refractivity contribution < 1.29 is 13.6 Å². The smallest absolute Gasteiger partial charge is 0.263 e. The Hall–Kier alpha value is -8.15. The Labute approximate surface area is 347 Å². The van der Waals surface area contributed by atoms with E-state index < -0.39 is 5.41 Å². The topological polar surface area (TPSA) is 57.5 Å². The maximum absolute atomic E-state index is 15.3. The molecule has 0 N–H and O–H groups in total. The molecule has 5 heteroatoms. The molecule has 2 aliphatic rings. The van der Waals surface area contributed by atoms with Crippen LogP contribution in [0.2, 0.25) is 0 Å². The molecule has 12 aromatic rings. The molecule has 0 bridgehead atoms. The number of ether oxygens (including phenoxy) is 1. The van der Waals surface area contributed by atoms with Gasteiger partial charge in [-0.05, 0) is 82.2 Å². The van der Waals surface area contributed by atoms with Crippen LogP contribution in [0.3, 0.4) is 0 Å². The first kappa shape index (κ1) is 32.8. The van der Waals surface area contributed by atoms with Crippen molar-refractivity contribution in [1.82, 2.24) is 4.57 Å². The highest BCUT2D eigenvalue weighted by Gasteiger charge is 2.50. The van der Waals surface area contributed by atoms with Gasteiger partial charge in [0, 0.05) is 54.6 Å². The van der Waals surface area contributed by atoms with Gasteiger partial charge in [0.2, 0.25) is 0 Å². The summed E-state index contributed by atoms with van der Waals surface area (Å²) in [5.41, 5.74) is 12.0. The zero-order valence-corrected chi connectivity index (χ0v) is 32.5. The molecule has 0 unspecified atom stereocenters. The summed E-state index contributed by atoms with van der Waals surface area (Å²) in [5, 5.41) is 6.81. The van der Waals surface area contributed by atoms with Crippen LogP contribution >= 0.6 is 0 Å². The van der Waals surface area contributed by atoms with Crippen molar-refractivity contribution in [1.29, 1.82) is 0 Å². The number of hydrogen-bond donors (Lipinski definition) is 0. The van der Waals surface area contributed by atoms with Crippen LogP contribution in [0.4, 0.5) is 0 Å². The van der Waals surface area contributed by atoms with Crippen molar-refractivity contribution in [2.75, 3.05) is 0 Å². The Morgan fingerprint density at radius 2 is 0.918 bits per heavy atom. The van der Waals surface area contributed by atoms with Crippen molar-refractivity contribution in [2.45, 2.75) is 5.41 Å². The number of rotatable bonds is 2. The third kappa shape index (κ3) is 4.17. The van der Waals surface area contributed by atoms with Gasteiger partial charge in [-0.2, -0.15) is 0 Å². The van der Waals surface area contributed by atoms with E-state index in [1.165, 1.54) is 0 Å². The van der Waals surface area contributed by atoms with Gasteiger partial charge in [0.25, 0.3) is 5.56 Å². The molecule has 2 aliphatic heterocycles. The number of aromatic nitrogens is 1. The Morgan fingerprint density at radius 3 is 1.57 bits per heavy atom. The minimum Gasteiger partial charge on any atom is -0.457 e. The van der Waals surface area contributed by atoms with Crippen molar-refractivity contribution in [3.05, 3.63) is 221 Å². The zero-order chi connectivity index (χ0) is 40.0. The molecule has 0 atom stereocenters. The van der Waals surface area contributed by atoms with Crippen LogP contribution in [0.15, 0.2) is 202 Å². The summed E-state index contributed by atoms with van der Waals surface area (Å²) in [4.78, 5) is 15.3. The first-order valence-corrected chi connectivity index (χ1v) is 20.6. The van der Waals surface area contributed by atoms with Gasteiger partial charge >= 0.3 is 0 Å². The number of hydrogen-bond acceptors (Lipinski definition) is 4. The van der Waals surface area contributed by atoms with E-state index in [1.807, 2.05) is 59.2 Å². The molecular weight excluding hydrogens is 751 g/mol. The summed E-state index contributed by atoms with van der Waals surface area (Å²) < 4.78 is 22.1. The summed E-state index contributed by atoms with van der Waals surface area (Å²) in [6.07, 6.45) is 0. The molecule has 9 aromatic carbocycles. The Kier molecular flexibility index (Phi) is 6.31. The van der Waals surface area contributed by atoms with Crippen molar-refractivity contribution in [2.24, 2.45) is 0 Å². The van der Waals surface area contributed by atoms with Crippen LogP contribution in [0.5, 0.6) is 11.5 Å². The molecule has 0 aliphatic carbocycles. The van der Waals surface area contributed by atoms with E-state index in [0.717, 1.165) is 122 Å². The van der Waals surface area contributed by atoms with Gasteiger partial charge in [0.15, 0.2) is 0 Å². The van der Waals surface area contributed by atoms with Gasteiger partial charge in [-0.15, -0.1) is 0 Å². The number of para-hydroxylation sites is 6. The highest BCUT2D eigenvalue weighted by Crippen LogP contribution is 2.60. The minimum atomic E-state index is -0.927. The molecule has 0 saturated carbocycles. The maximum Gasteiger partial charge on any atom is 0.263 e. The molecule has 61 heavy (non-hydrogen) atoms. The lowest BCUT2D eigenvalue weighted by Crippen LogP contribution is -2.40. The van der Waals surface area contributed by atoms with Gasteiger partial charge in [0.1, 0.15) is 33.8 Å². The van der Waals surface area contributed by atoms with Gasteiger partial charge < -0.3 is 13.6 Å². The zero-order valence-electron chi connectivity index (χ0n) is 32.5. The Morgan fingerprint density at radius 1 is 0.393 bits per heavy atom. The van der Waals surface area contributed by atoms with E-state index in [4.69, 9.17) is 13.6 Å². The van der Waals surface area contributed by atoms with E-state index in [2.05, 4.69) is 133 Å². The van der Waals surface area contributed by atoms with E-state index >= 15 is 4.79 Å². The molecule has 5 nitrogen and oxygen atoms in total. The number of nitrogens with zero attached hydrogens (tertiary/aromatic N) is 1. The lowest BCUT2D eigenvalue weighted by molar-refractivity contribution is 0.434. The van der Waals surface area contributed by atoms with Gasteiger partial charge in [-0.3, -0.25) is 9.36 Å². The lowest BCUT2D eigenvalue weighted by atomic mass is 9.61. The quantitative estimate of drug-likeness (QED) is 0.164. The molecular formula is C56H31NO4. The first-order chi connectivity index (χ1) is 30.2. The predicted molar refractivity (Wildman–Crippen MR) is 244 cm³/mol.